The lowest BCUT2D eigenvalue weighted by molar-refractivity contribution is -0.123. The average Bonchev–Trinajstić information content (AvgIpc) is 3.47. The Kier molecular flexibility index (Phi) is 7.62. The van der Waals surface area contributed by atoms with E-state index in [1.807, 2.05) is 36.4 Å². The molecule has 0 saturated carbocycles. The fourth-order valence-corrected chi connectivity index (χ4v) is 6.39. The predicted octanol–water partition coefficient (Wildman–Crippen LogP) is 6.41. The molecule has 0 N–H and O–H groups in total. The van der Waals surface area contributed by atoms with Crippen molar-refractivity contribution in [2.75, 3.05) is 20.3 Å². The zero-order valence-corrected chi connectivity index (χ0v) is 23.0. The number of methoxy groups -OCH3 is 1. The van der Waals surface area contributed by atoms with Crippen molar-refractivity contribution in [2.24, 2.45) is 0 Å². The van der Waals surface area contributed by atoms with Crippen molar-refractivity contribution in [2.45, 2.75) is 25.6 Å². The number of thioether (sulfide) groups is 1. The van der Waals surface area contributed by atoms with Crippen LogP contribution in [0.2, 0.25) is 0 Å². The van der Waals surface area contributed by atoms with Gasteiger partial charge in [0.1, 0.15) is 10.9 Å². The molecule has 2 fully saturated rings. The molecule has 5 rings (SSSR count). The number of fused-ring (bicyclic) bond motifs is 1. The highest BCUT2D eigenvalue weighted by Gasteiger charge is 2.34. The predicted molar refractivity (Wildman–Crippen MR) is 153 cm³/mol. The Morgan fingerprint density at radius 3 is 2.86 bits per heavy atom. The Morgan fingerprint density at radius 2 is 2.06 bits per heavy atom. The van der Waals surface area contributed by atoms with E-state index in [1.165, 1.54) is 22.5 Å². The Labute approximate surface area is 227 Å². The van der Waals surface area contributed by atoms with Crippen LogP contribution in [0.25, 0.3) is 16.8 Å². The van der Waals surface area contributed by atoms with Gasteiger partial charge in [-0.3, -0.25) is 9.69 Å². The summed E-state index contributed by atoms with van der Waals surface area (Å²) in [7, 11) is 1.63. The van der Waals surface area contributed by atoms with E-state index < -0.39 is 0 Å². The Balaban J connectivity index is 1.35. The van der Waals surface area contributed by atoms with Crippen LogP contribution in [-0.4, -0.2) is 41.5 Å². The lowest BCUT2D eigenvalue weighted by atomic mass is 10.1. The van der Waals surface area contributed by atoms with E-state index in [0.29, 0.717) is 33.9 Å². The van der Waals surface area contributed by atoms with Gasteiger partial charge in [0.15, 0.2) is 11.5 Å². The van der Waals surface area contributed by atoms with Crippen molar-refractivity contribution in [3.8, 4) is 11.5 Å². The number of hydrogen-bond donors (Lipinski definition) is 0. The van der Waals surface area contributed by atoms with Crippen LogP contribution in [0.3, 0.4) is 0 Å². The normalized spacial score (nSPS) is 19.2. The maximum atomic E-state index is 13.0. The summed E-state index contributed by atoms with van der Waals surface area (Å²) >= 11 is 9.06. The molecule has 0 aromatic heterocycles. The van der Waals surface area contributed by atoms with Crippen LogP contribution >= 0.6 is 46.6 Å². The summed E-state index contributed by atoms with van der Waals surface area (Å²) in [5.74, 6) is 1.24. The Hall–Kier alpha value is -2.14. The summed E-state index contributed by atoms with van der Waals surface area (Å²) in [6.07, 6.45) is 3.93. The highest BCUT2D eigenvalue weighted by molar-refractivity contribution is 14.1. The molecule has 0 unspecified atom stereocenters. The molecule has 8 heteroatoms. The fraction of sp³-hybridized carbons (Fsp3) is 0.259. The number of halogens is 1. The second kappa shape index (κ2) is 10.9. The monoisotopic (exact) mass is 617 g/mol. The van der Waals surface area contributed by atoms with E-state index in [9.17, 15) is 4.79 Å². The van der Waals surface area contributed by atoms with Gasteiger partial charge in [0.05, 0.1) is 28.2 Å². The Bertz CT molecular complexity index is 1310. The molecule has 1 atom stereocenters. The zero-order valence-electron chi connectivity index (χ0n) is 19.2. The lowest BCUT2D eigenvalue weighted by Crippen LogP contribution is -2.35. The number of thiocarbonyl (C=S) groups is 1. The maximum Gasteiger partial charge on any atom is 0.266 e. The van der Waals surface area contributed by atoms with E-state index in [-0.39, 0.29) is 12.0 Å². The number of benzene rings is 3. The van der Waals surface area contributed by atoms with Gasteiger partial charge in [0.2, 0.25) is 0 Å². The first-order valence-electron chi connectivity index (χ1n) is 11.4. The maximum absolute atomic E-state index is 13.0. The second-order valence-corrected chi connectivity index (χ2v) is 11.2. The number of rotatable bonds is 7. The minimum absolute atomic E-state index is 0.0658. The molecular formula is C27H24INO4S2. The minimum atomic E-state index is -0.0687. The van der Waals surface area contributed by atoms with E-state index in [1.54, 1.807) is 12.0 Å². The largest absolute Gasteiger partial charge is 0.493 e. The summed E-state index contributed by atoms with van der Waals surface area (Å²) in [5.41, 5.74) is 1.97. The van der Waals surface area contributed by atoms with E-state index >= 15 is 0 Å². The number of hydrogen-bond acceptors (Lipinski definition) is 6. The number of amides is 1. The standard InChI is InChI=1S/C27H24INO4S2/c1-31-23-13-17(14-24-26(30)29(27(34)35-24)15-20-9-5-11-32-20)12-22(28)25(23)33-16-19-8-4-7-18-6-2-3-10-21(18)19/h2-4,6-8,10,12-14,20H,5,9,11,15-16H2,1H3/b24-14-/t20-/m1/s1. The quantitative estimate of drug-likeness (QED) is 0.174. The average molecular weight is 618 g/mol. The number of carbonyl (C=O) groups excluding carboxylic acids is 1. The summed E-state index contributed by atoms with van der Waals surface area (Å²) in [4.78, 5) is 15.3. The summed E-state index contributed by atoms with van der Waals surface area (Å²) in [6, 6.07) is 18.4. The SMILES string of the molecule is COc1cc(/C=C2\SC(=S)N(C[C@H]3CCCO3)C2=O)cc(I)c1OCc1cccc2ccccc12. The van der Waals surface area contributed by atoms with Crippen molar-refractivity contribution < 1.29 is 19.0 Å². The van der Waals surface area contributed by atoms with Crippen LogP contribution in [0, 0.1) is 3.57 Å². The zero-order chi connectivity index (χ0) is 24.4. The molecule has 1 amide bonds. The molecule has 5 nitrogen and oxygen atoms in total. The van der Waals surface area contributed by atoms with E-state index in [2.05, 4.69) is 46.9 Å². The summed E-state index contributed by atoms with van der Waals surface area (Å²) in [5, 5.41) is 2.35. The third kappa shape index (κ3) is 5.35. The smallest absolute Gasteiger partial charge is 0.266 e. The van der Waals surface area contributed by atoms with E-state index in [0.717, 1.165) is 34.1 Å². The molecule has 2 heterocycles. The third-order valence-electron chi connectivity index (χ3n) is 6.09. The lowest BCUT2D eigenvalue weighted by Gasteiger charge is -2.18. The fourth-order valence-electron chi connectivity index (χ4n) is 4.33. The van der Waals surface area contributed by atoms with Gasteiger partial charge < -0.3 is 14.2 Å². The molecule has 35 heavy (non-hydrogen) atoms. The van der Waals surface area contributed by atoms with Crippen molar-refractivity contribution >= 4 is 73.6 Å². The first-order chi connectivity index (χ1) is 17.0. The third-order valence-corrected chi connectivity index (χ3v) is 8.26. The molecule has 0 radical (unpaired) electrons. The van der Waals surface area contributed by atoms with Crippen molar-refractivity contribution in [3.63, 3.8) is 0 Å². The molecule has 0 spiro atoms. The molecule has 3 aromatic carbocycles. The first kappa shape index (κ1) is 24.5. The van der Waals surface area contributed by atoms with Crippen LogP contribution < -0.4 is 9.47 Å². The molecule has 0 bridgehead atoms. The van der Waals surface area contributed by atoms with Gasteiger partial charge >= 0.3 is 0 Å². The number of nitrogens with zero attached hydrogens (tertiary/aromatic N) is 1. The summed E-state index contributed by atoms with van der Waals surface area (Å²) in [6.45, 7) is 1.70. The first-order valence-corrected chi connectivity index (χ1v) is 13.7. The molecule has 180 valence electrons. The van der Waals surface area contributed by atoms with Crippen LogP contribution in [0.5, 0.6) is 11.5 Å². The van der Waals surface area contributed by atoms with Gasteiger partial charge in [-0.15, -0.1) is 0 Å². The molecule has 2 aliphatic heterocycles. The van der Waals surface area contributed by atoms with Crippen LogP contribution in [0.15, 0.2) is 59.5 Å². The highest BCUT2D eigenvalue weighted by Crippen LogP contribution is 2.38. The second-order valence-electron chi connectivity index (χ2n) is 8.39. The minimum Gasteiger partial charge on any atom is -0.493 e. The van der Waals surface area contributed by atoms with Crippen LogP contribution in [-0.2, 0) is 16.1 Å². The molecule has 0 aliphatic carbocycles. The number of carbonyl (C=O) groups is 1. The topological polar surface area (TPSA) is 48.0 Å². The van der Waals surface area contributed by atoms with Gasteiger partial charge in [0, 0.05) is 6.61 Å². The summed E-state index contributed by atoms with van der Waals surface area (Å²) < 4.78 is 19.1. The van der Waals surface area contributed by atoms with Gasteiger partial charge in [-0.2, -0.15) is 0 Å². The Morgan fingerprint density at radius 1 is 1.23 bits per heavy atom. The highest BCUT2D eigenvalue weighted by atomic mass is 127. The molecule has 2 aliphatic rings. The van der Waals surface area contributed by atoms with E-state index in [4.69, 9.17) is 26.4 Å². The van der Waals surface area contributed by atoms with Gasteiger partial charge in [-0.1, -0.05) is 66.4 Å². The van der Waals surface area contributed by atoms with Gasteiger partial charge in [0.25, 0.3) is 5.91 Å². The van der Waals surface area contributed by atoms with Crippen molar-refractivity contribution in [3.05, 3.63) is 74.2 Å². The van der Waals surface area contributed by atoms with Gasteiger partial charge in [-0.05, 0) is 75.5 Å². The molecule has 3 aromatic rings. The van der Waals surface area contributed by atoms with Gasteiger partial charge in [-0.25, -0.2) is 0 Å². The van der Waals surface area contributed by atoms with Crippen molar-refractivity contribution in [1.29, 1.82) is 0 Å². The van der Waals surface area contributed by atoms with Crippen LogP contribution in [0.4, 0.5) is 0 Å². The van der Waals surface area contributed by atoms with Crippen molar-refractivity contribution in [1.82, 2.24) is 4.90 Å². The van der Waals surface area contributed by atoms with Crippen LogP contribution in [0.1, 0.15) is 24.0 Å². The number of ether oxygens (including phenoxy) is 3. The molecule has 2 saturated heterocycles. The molecular weight excluding hydrogens is 593 g/mol.